The fourth-order valence-corrected chi connectivity index (χ4v) is 4.44. The molecule has 1 aliphatic carbocycles. The van der Waals surface area contributed by atoms with Gasteiger partial charge in [0.2, 0.25) is 0 Å². The zero-order chi connectivity index (χ0) is 24.4. The smallest absolute Gasteiger partial charge is 0.326 e. The van der Waals surface area contributed by atoms with Crippen LogP contribution < -0.4 is 5.32 Å². The first kappa shape index (κ1) is 23.9. The van der Waals surface area contributed by atoms with Crippen LogP contribution in [0, 0.1) is 12.8 Å². The van der Waals surface area contributed by atoms with E-state index in [1.54, 1.807) is 35.0 Å². The van der Waals surface area contributed by atoms with Gasteiger partial charge in [-0.25, -0.2) is 9.48 Å². The summed E-state index contributed by atoms with van der Waals surface area (Å²) in [6.07, 6.45) is 4.30. The highest BCUT2D eigenvalue weighted by Crippen LogP contribution is 2.43. The molecule has 1 heterocycles. The first-order valence-corrected chi connectivity index (χ1v) is 11.6. The van der Waals surface area contributed by atoms with Gasteiger partial charge in [0.15, 0.2) is 0 Å². The number of nitrogens with zero attached hydrogens (tertiary/aromatic N) is 4. The van der Waals surface area contributed by atoms with Crippen molar-refractivity contribution >= 4 is 23.5 Å². The zero-order valence-corrected chi connectivity index (χ0v) is 20.2. The number of halogens is 1. The molecule has 1 saturated carbocycles. The minimum Gasteiger partial charge on any atom is -0.480 e. The average Bonchev–Trinajstić information content (AvgIpc) is 3.48. The molecular formula is C25H28ClN5O3. The normalized spacial score (nSPS) is 15.2. The molecule has 34 heavy (non-hydrogen) atoms. The van der Waals surface area contributed by atoms with Crippen LogP contribution in [-0.2, 0) is 11.2 Å². The van der Waals surface area contributed by atoms with Crippen LogP contribution >= 0.6 is 11.6 Å². The van der Waals surface area contributed by atoms with E-state index in [0.29, 0.717) is 22.2 Å². The molecule has 2 unspecified atom stereocenters. The molecule has 4 rings (SSSR count). The molecule has 8 nitrogen and oxygen atoms in total. The third-order valence-corrected chi connectivity index (χ3v) is 6.25. The Bertz CT molecular complexity index is 1200. The molecule has 178 valence electrons. The van der Waals surface area contributed by atoms with Gasteiger partial charge in [-0.15, -0.1) is 5.10 Å². The standard InChI is InChI=1S/C25H28ClN5O3/c1-15-7-10-19(24(32)27-20(25(33)34)13-16-5-4-6-18(26)12-16)22(11-15)31-14-21(28-29-31)23(30(2)3)17-8-9-17/h4-7,10-12,14,17,20,23H,8-9,13H2,1-3H3,(H,27,32)(H,33,34). The van der Waals surface area contributed by atoms with Crippen molar-refractivity contribution in [2.24, 2.45) is 5.92 Å². The van der Waals surface area contributed by atoms with Crippen molar-refractivity contribution in [1.82, 2.24) is 25.2 Å². The molecule has 1 aromatic heterocycles. The van der Waals surface area contributed by atoms with Gasteiger partial charge in [-0.05, 0) is 75.2 Å². The number of carboxylic acids is 1. The van der Waals surface area contributed by atoms with E-state index in [1.165, 1.54) is 0 Å². The zero-order valence-electron chi connectivity index (χ0n) is 19.4. The molecule has 0 radical (unpaired) electrons. The molecule has 0 aliphatic heterocycles. The molecule has 2 atom stereocenters. The van der Waals surface area contributed by atoms with Gasteiger partial charge in [0.1, 0.15) is 11.7 Å². The lowest BCUT2D eigenvalue weighted by atomic mass is 10.0. The SMILES string of the molecule is Cc1ccc(C(=O)NC(Cc2cccc(Cl)c2)C(=O)O)c(-n2cc(C(C3CC3)N(C)C)nn2)c1. The van der Waals surface area contributed by atoms with E-state index in [1.807, 2.05) is 39.3 Å². The molecule has 0 saturated heterocycles. The quantitative estimate of drug-likeness (QED) is 0.483. The van der Waals surface area contributed by atoms with Crippen LogP contribution in [0.3, 0.4) is 0 Å². The fourth-order valence-electron chi connectivity index (χ4n) is 4.23. The summed E-state index contributed by atoms with van der Waals surface area (Å²) in [6, 6.07) is 11.4. The Hall–Kier alpha value is -3.23. The minimum atomic E-state index is -1.12. The highest BCUT2D eigenvalue weighted by molar-refractivity contribution is 6.30. The number of benzene rings is 2. The predicted molar refractivity (Wildman–Crippen MR) is 129 cm³/mol. The Morgan fingerprint density at radius 1 is 1.24 bits per heavy atom. The van der Waals surface area contributed by atoms with Crippen LogP contribution in [-0.4, -0.2) is 57.0 Å². The van der Waals surface area contributed by atoms with Gasteiger partial charge in [-0.1, -0.05) is 35.0 Å². The number of carboxylic acid groups (broad SMARTS) is 1. The van der Waals surface area contributed by atoms with Gasteiger partial charge < -0.3 is 15.3 Å². The molecule has 9 heteroatoms. The number of hydrogen-bond donors (Lipinski definition) is 2. The van der Waals surface area contributed by atoms with E-state index in [9.17, 15) is 14.7 Å². The summed E-state index contributed by atoms with van der Waals surface area (Å²) in [7, 11) is 4.05. The van der Waals surface area contributed by atoms with Crippen molar-refractivity contribution in [3.8, 4) is 5.69 Å². The Morgan fingerprint density at radius 2 is 2.00 bits per heavy atom. The first-order valence-electron chi connectivity index (χ1n) is 11.2. The molecule has 0 bridgehead atoms. The Morgan fingerprint density at radius 3 is 2.65 bits per heavy atom. The van der Waals surface area contributed by atoms with Gasteiger partial charge >= 0.3 is 5.97 Å². The summed E-state index contributed by atoms with van der Waals surface area (Å²) in [6.45, 7) is 1.93. The second kappa shape index (κ2) is 9.95. The lowest BCUT2D eigenvalue weighted by Crippen LogP contribution is -2.42. The highest BCUT2D eigenvalue weighted by atomic mass is 35.5. The monoisotopic (exact) mass is 481 g/mol. The van der Waals surface area contributed by atoms with E-state index < -0.39 is 17.9 Å². The summed E-state index contributed by atoms with van der Waals surface area (Å²) in [5.74, 6) is -1.06. The van der Waals surface area contributed by atoms with Gasteiger partial charge in [-0.2, -0.15) is 0 Å². The van der Waals surface area contributed by atoms with Crippen molar-refractivity contribution < 1.29 is 14.7 Å². The maximum atomic E-state index is 13.2. The number of rotatable bonds is 9. The molecule has 2 aromatic carbocycles. The van der Waals surface area contributed by atoms with E-state index in [2.05, 4.69) is 20.5 Å². The predicted octanol–water partition coefficient (Wildman–Crippen LogP) is 3.67. The highest BCUT2D eigenvalue weighted by Gasteiger charge is 2.35. The summed E-state index contributed by atoms with van der Waals surface area (Å²) >= 11 is 6.03. The van der Waals surface area contributed by atoms with Gasteiger partial charge in [0.05, 0.1) is 23.5 Å². The number of nitrogens with one attached hydrogen (secondary N) is 1. The van der Waals surface area contributed by atoms with Crippen LogP contribution in [0.2, 0.25) is 5.02 Å². The summed E-state index contributed by atoms with van der Waals surface area (Å²) in [5, 5.41) is 21.6. The Labute approximate surface area is 203 Å². The summed E-state index contributed by atoms with van der Waals surface area (Å²) in [4.78, 5) is 27.3. The third kappa shape index (κ3) is 5.46. The van der Waals surface area contributed by atoms with E-state index in [0.717, 1.165) is 29.7 Å². The Balaban J connectivity index is 1.60. The van der Waals surface area contributed by atoms with E-state index in [4.69, 9.17) is 11.6 Å². The molecule has 2 N–H and O–H groups in total. The molecule has 3 aromatic rings. The van der Waals surface area contributed by atoms with Crippen molar-refractivity contribution in [3.63, 3.8) is 0 Å². The van der Waals surface area contributed by atoms with Crippen molar-refractivity contribution in [3.05, 3.63) is 76.1 Å². The molecule has 1 aliphatic rings. The lowest BCUT2D eigenvalue weighted by Gasteiger charge is -2.21. The maximum absolute atomic E-state index is 13.2. The van der Waals surface area contributed by atoms with Crippen LogP contribution in [0.1, 0.15) is 46.1 Å². The van der Waals surface area contributed by atoms with Gasteiger partial charge in [0.25, 0.3) is 5.91 Å². The topological polar surface area (TPSA) is 100 Å². The molecule has 0 spiro atoms. The lowest BCUT2D eigenvalue weighted by molar-refractivity contribution is -0.139. The number of carbonyl (C=O) groups excluding carboxylic acids is 1. The number of aryl methyl sites for hydroxylation is 1. The second-order valence-corrected chi connectivity index (χ2v) is 9.49. The van der Waals surface area contributed by atoms with Crippen LogP contribution in [0.15, 0.2) is 48.7 Å². The first-order chi connectivity index (χ1) is 16.2. The largest absolute Gasteiger partial charge is 0.480 e. The van der Waals surface area contributed by atoms with Crippen molar-refractivity contribution in [2.75, 3.05) is 14.1 Å². The fraction of sp³-hybridized carbons (Fsp3) is 0.360. The van der Waals surface area contributed by atoms with E-state index >= 15 is 0 Å². The van der Waals surface area contributed by atoms with Crippen molar-refractivity contribution in [1.29, 1.82) is 0 Å². The van der Waals surface area contributed by atoms with Crippen molar-refractivity contribution in [2.45, 2.75) is 38.3 Å². The Kier molecular flexibility index (Phi) is 7.00. The number of hydrogen-bond acceptors (Lipinski definition) is 5. The van der Waals surface area contributed by atoms with Crippen LogP contribution in [0.4, 0.5) is 0 Å². The number of amides is 1. The third-order valence-electron chi connectivity index (χ3n) is 6.02. The molecule has 1 amide bonds. The average molecular weight is 482 g/mol. The molecular weight excluding hydrogens is 454 g/mol. The number of carbonyl (C=O) groups is 2. The van der Waals surface area contributed by atoms with Crippen LogP contribution in [0.5, 0.6) is 0 Å². The van der Waals surface area contributed by atoms with Gasteiger partial charge in [-0.3, -0.25) is 4.79 Å². The van der Waals surface area contributed by atoms with Crippen LogP contribution in [0.25, 0.3) is 5.69 Å². The summed E-state index contributed by atoms with van der Waals surface area (Å²) < 4.78 is 1.60. The minimum absolute atomic E-state index is 0.113. The maximum Gasteiger partial charge on any atom is 0.326 e. The molecule has 1 fully saturated rings. The number of aromatic nitrogens is 3. The van der Waals surface area contributed by atoms with Gasteiger partial charge in [0, 0.05) is 11.4 Å². The number of aliphatic carboxylic acids is 1. The summed E-state index contributed by atoms with van der Waals surface area (Å²) in [5.41, 5.74) is 3.40. The van der Waals surface area contributed by atoms with E-state index in [-0.39, 0.29) is 12.5 Å². The second-order valence-electron chi connectivity index (χ2n) is 9.05.